The molecule has 1 heterocycles. The van der Waals surface area contributed by atoms with Crippen molar-refractivity contribution in [3.63, 3.8) is 0 Å². The monoisotopic (exact) mass is 427 g/mol. The number of anilines is 1. The van der Waals surface area contributed by atoms with Gasteiger partial charge in [0.2, 0.25) is 13.9 Å². The third-order valence-electron chi connectivity index (χ3n) is 6.59. The molecular formula is C28H38BN3. The Labute approximate surface area is 195 Å². The summed E-state index contributed by atoms with van der Waals surface area (Å²) < 4.78 is 2.20. The second-order valence-corrected chi connectivity index (χ2v) is 9.32. The highest BCUT2D eigenvalue weighted by atomic mass is 15.3. The molecule has 0 amide bonds. The minimum Gasteiger partial charge on any atom is -0.371 e. The molecule has 0 radical (unpaired) electrons. The van der Waals surface area contributed by atoms with Crippen LogP contribution in [0.3, 0.4) is 0 Å². The minimum atomic E-state index is 0.402. The molecule has 4 heteroatoms. The molecule has 2 unspecified atom stereocenters. The number of aromatic nitrogens is 2. The van der Waals surface area contributed by atoms with Gasteiger partial charge >= 0.3 is 0 Å². The fourth-order valence-corrected chi connectivity index (χ4v) is 4.28. The van der Waals surface area contributed by atoms with Gasteiger partial charge in [-0.2, -0.15) is 0 Å². The van der Waals surface area contributed by atoms with Crippen LogP contribution >= 0.6 is 0 Å². The van der Waals surface area contributed by atoms with Gasteiger partial charge in [0.25, 0.3) is 0 Å². The molecule has 1 fully saturated rings. The molecule has 3 rings (SSSR count). The fourth-order valence-electron chi connectivity index (χ4n) is 4.28. The van der Waals surface area contributed by atoms with Crippen molar-refractivity contribution in [1.82, 2.24) is 9.55 Å². The summed E-state index contributed by atoms with van der Waals surface area (Å²) >= 11 is 0. The summed E-state index contributed by atoms with van der Waals surface area (Å²) in [6.45, 7) is 15.5. The maximum absolute atomic E-state index is 4.68. The molecule has 2 atom stereocenters. The molecule has 1 aromatic heterocycles. The van der Waals surface area contributed by atoms with E-state index in [4.69, 9.17) is 0 Å². The SMILES string of the molecule is BN(/C=C\C(C)/C(C)=C1/CC1C)c1nccn1-c1ccc(C(/C=C\C)=C/C)cc1C(C)C. The van der Waals surface area contributed by atoms with Crippen molar-refractivity contribution in [1.29, 1.82) is 0 Å². The van der Waals surface area contributed by atoms with E-state index in [0.29, 0.717) is 11.8 Å². The van der Waals surface area contributed by atoms with Gasteiger partial charge in [-0.3, -0.25) is 4.57 Å². The van der Waals surface area contributed by atoms with Crippen LogP contribution in [0.15, 0.2) is 72.2 Å². The number of allylic oxidation sites excluding steroid dienone is 7. The van der Waals surface area contributed by atoms with E-state index in [2.05, 4.69) is 126 Å². The summed E-state index contributed by atoms with van der Waals surface area (Å²) in [6.07, 6.45) is 16.1. The van der Waals surface area contributed by atoms with E-state index in [1.165, 1.54) is 34.4 Å². The average Bonchev–Trinajstić information content (AvgIpc) is 3.31. The van der Waals surface area contributed by atoms with Gasteiger partial charge in [-0.1, -0.05) is 69.2 Å². The van der Waals surface area contributed by atoms with Crippen LogP contribution in [0, 0.1) is 11.8 Å². The van der Waals surface area contributed by atoms with Crippen LogP contribution < -0.4 is 4.81 Å². The van der Waals surface area contributed by atoms with Gasteiger partial charge in [0.15, 0.2) is 0 Å². The van der Waals surface area contributed by atoms with E-state index < -0.39 is 0 Å². The Kier molecular flexibility index (Phi) is 7.66. The Bertz CT molecular complexity index is 1070. The zero-order chi connectivity index (χ0) is 23.4. The third-order valence-corrected chi connectivity index (χ3v) is 6.59. The van der Waals surface area contributed by atoms with Crippen molar-refractivity contribution in [2.45, 2.75) is 60.8 Å². The summed E-state index contributed by atoms with van der Waals surface area (Å²) in [5.74, 6) is 2.54. The number of rotatable bonds is 8. The van der Waals surface area contributed by atoms with Gasteiger partial charge < -0.3 is 4.81 Å². The number of nitrogens with zero attached hydrogens (tertiary/aromatic N) is 3. The normalized spacial score (nSPS) is 19.2. The molecule has 0 bridgehead atoms. The summed E-state index contributed by atoms with van der Waals surface area (Å²) in [7, 11) is 2.08. The highest BCUT2D eigenvalue weighted by molar-refractivity contribution is 6.18. The van der Waals surface area contributed by atoms with Crippen LogP contribution in [-0.4, -0.2) is 17.5 Å². The van der Waals surface area contributed by atoms with Crippen molar-refractivity contribution < 1.29 is 0 Å². The molecule has 0 aliphatic heterocycles. The van der Waals surface area contributed by atoms with Crippen LogP contribution in [0.4, 0.5) is 5.95 Å². The van der Waals surface area contributed by atoms with Gasteiger partial charge in [-0.15, -0.1) is 0 Å². The van der Waals surface area contributed by atoms with Crippen molar-refractivity contribution in [2.24, 2.45) is 11.8 Å². The van der Waals surface area contributed by atoms with E-state index in [1.54, 1.807) is 5.57 Å². The Hall–Kier alpha value is -2.75. The van der Waals surface area contributed by atoms with Crippen LogP contribution in [0.2, 0.25) is 0 Å². The van der Waals surface area contributed by atoms with Crippen LogP contribution in [-0.2, 0) is 0 Å². The van der Waals surface area contributed by atoms with Gasteiger partial charge in [0, 0.05) is 12.4 Å². The van der Waals surface area contributed by atoms with E-state index in [9.17, 15) is 0 Å². The number of hydrogen-bond donors (Lipinski definition) is 0. The summed E-state index contributed by atoms with van der Waals surface area (Å²) in [5.41, 5.74) is 8.15. The lowest BCUT2D eigenvalue weighted by molar-refractivity contribution is 0.840. The third kappa shape index (κ3) is 5.17. The number of hydrogen-bond acceptors (Lipinski definition) is 2. The topological polar surface area (TPSA) is 21.1 Å². The van der Waals surface area contributed by atoms with E-state index >= 15 is 0 Å². The molecule has 0 saturated heterocycles. The summed E-state index contributed by atoms with van der Waals surface area (Å²) in [6, 6.07) is 6.76. The van der Waals surface area contributed by atoms with Crippen molar-refractivity contribution in [3.05, 3.63) is 83.4 Å². The summed E-state index contributed by atoms with van der Waals surface area (Å²) in [5, 5.41) is 0. The predicted octanol–water partition coefficient (Wildman–Crippen LogP) is 6.84. The van der Waals surface area contributed by atoms with Crippen LogP contribution in [0.1, 0.15) is 71.9 Å². The molecule has 3 nitrogen and oxygen atoms in total. The molecule has 2 aromatic rings. The standard InChI is InChI=1S/C28H38BN3/c1-8-10-23(9-2)24-11-12-27(25(18-24)19(3)4)31-16-14-30-28(31)32(29)15-13-20(5)22(7)26-17-21(26)6/h8-16,18-21H,17,29H2,1-7H3/b10-8-,15-13-,23-9+,26-22-. The van der Waals surface area contributed by atoms with Gasteiger partial charge in [-0.05, 0) is 80.0 Å². The van der Waals surface area contributed by atoms with Crippen molar-refractivity contribution >= 4 is 19.5 Å². The molecule has 168 valence electrons. The molecular weight excluding hydrogens is 389 g/mol. The highest BCUT2D eigenvalue weighted by Gasteiger charge is 2.27. The van der Waals surface area contributed by atoms with E-state index in [1.807, 2.05) is 6.20 Å². The van der Waals surface area contributed by atoms with E-state index in [0.717, 1.165) is 11.9 Å². The second-order valence-electron chi connectivity index (χ2n) is 9.32. The lowest BCUT2D eigenvalue weighted by Gasteiger charge is -2.21. The molecule has 1 saturated carbocycles. The first-order chi connectivity index (χ1) is 15.3. The Morgan fingerprint density at radius 2 is 1.97 bits per heavy atom. The van der Waals surface area contributed by atoms with E-state index in [-0.39, 0.29) is 0 Å². The molecule has 1 aliphatic carbocycles. The number of imidazole rings is 1. The summed E-state index contributed by atoms with van der Waals surface area (Å²) in [4.78, 5) is 6.81. The van der Waals surface area contributed by atoms with Crippen molar-refractivity contribution in [2.75, 3.05) is 4.81 Å². The first kappa shape index (κ1) is 23.9. The number of benzene rings is 1. The first-order valence-corrected chi connectivity index (χ1v) is 11.9. The molecule has 0 N–H and O–H groups in total. The maximum Gasteiger partial charge on any atom is 0.226 e. The fraction of sp³-hybridized carbons (Fsp3) is 0.393. The molecule has 1 aromatic carbocycles. The first-order valence-electron chi connectivity index (χ1n) is 11.9. The van der Waals surface area contributed by atoms with Gasteiger partial charge in [0.05, 0.1) is 5.69 Å². The Morgan fingerprint density at radius 3 is 2.56 bits per heavy atom. The largest absolute Gasteiger partial charge is 0.371 e. The highest BCUT2D eigenvalue weighted by Crippen LogP contribution is 2.41. The second kappa shape index (κ2) is 10.2. The minimum absolute atomic E-state index is 0.402. The quantitative estimate of drug-likeness (QED) is 0.261. The van der Waals surface area contributed by atoms with Gasteiger partial charge in [-0.25, -0.2) is 4.98 Å². The lowest BCUT2D eigenvalue weighted by Crippen LogP contribution is -2.17. The maximum atomic E-state index is 4.68. The average molecular weight is 427 g/mol. The van der Waals surface area contributed by atoms with Gasteiger partial charge in [0.1, 0.15) is 0 Å². The zero-order valence-electron chi connectivity index (χ0n) is 21.1. The predicted molar refractivity (Wildman–Crippen MR) is 142 cm³/mol. The Balaban J connectivity index is 1.92. The van der Waals surface area contributed by atoms with Crippen molar-refractivity contribution in [3.8, 4) is 5.69 Å². The van der Waals surface area contributed by atoms with Crippen LogP contribution in [0.25, 0.3) is 11.3 Å². The van der Waals surface area contributed by atoms with Crippen LogP contribution in [0.5, 0.6) is 0 Å². The lowest BCUT2D eigenvalue weighted by atomic mass is 9.95. The molecule has 0 spiro atoms. The smallest absolute Gasteiger partial charge is 0.226 e. The molecule has 32 heavy (non-hydrogen) atoms. The zero-order valence-corrected chi connectivity index (χ0v) is 21.1. The Morgan fingerprint density at radius 1 is 1.25 bits per heavy atom. The molecule has 1 aliphatic rings.